The van der Waals surface area contributed by atoms with Crippen molar-refractivity contribution < 1.29 is 14.6 Å². The van der Waals surface area contributed by atoms with E-state index in [9.17, 15) is 5.11 Å². The lowest BCUT2D eigenvalue weighted by Crippen LogP contribution is -2.49. The van der Waals surface area contributed by atoms with E-state index in [0.717, 1.165) is 58.2 Å². The van der Waals surface area contributed by atoms with Crippen LogP contribution in [0, 0.1) is 17.3 Å². The van der Waals surface area contributed by atoms with E-state index in [4.69, 9.17) is 9.47 Å². The Balaban J connectivity index is 1.46. The monoisotopic (exact) mass is 358 g/mol. The highest BCUT2D eigenvalue weighted by atomic mass is 16.7. The third-order valence-electron chi connectivity index (χ3n) is 8.63. The van der Waals surface area contributed by atoms with Gasteiger partial charge < -0.3 is 14.6 Å². The summed E-state index contributed by atoms with van der Waals surface area (Å²) in [6, 6.07) is 0. The summed E-state index contributed by atoms with van der Waals surface area (Å²) >= 11 is 0. The molecule has 0 bridgehead atoms. The van der Waals surface area contributed by atoms with Crippen LogP contribution in [0.5, 0.6) is 0 Å². The zero-order valence-corrected chi connectivity index (χ0v) is 16.5. The Morgan fingerprint density at radius 2 is 1.96 bits per heavy atom. The van der Waals surface area contributed by atoms with Gasteiger partial charge in [0.05, 0.1) is 18.8 Å². The molecule has 144 valence electrons. The molecule has 3 heteroatoms. The third kappa shape index (κ3) is 2.29. The number of aliphatic hydroxyl groups is 1. The van der Waals surface area contributed by atoms with Crippen molar-refractivity contribution in [3.05, 3.63) is 22.8 Å². The first-order valence-electron chi connectivity index (χ1n) is 10.9. The summed E-state index contributed by atoms with van der Waals surface area (Å²) in [5.74, 6) is 1.02. The van der Waals surface area contributed by atoms with E-state index in [-0.39, 0.29) is 11.2 Å². The largest absolute Gasteiger partial charge is 0.389 e. The van der Waals surface area contributed by atoms with Crippen LogP contribution in [0.15, 0.2) is 22.8 Å². The molecule has 1 heterocycles. The summed E-state index contributed by atoms with van der Waals surface area (Å²) in [6.07, 6.45) is 13.4. The maximum atomic E-state index is 11.4. The highest BCUT2D eigenvalue weighted by Crippen LogP contribution is 2.63. The first kappa shape index (κ1) is 17.5. The molecule has 0 aromatic heterocycles. The van der Waals surface area contributed by atoms with Crippen molar-refractivity contribution in [3.8, 4) is 0 Å². The molecule has 0 aromatic rings. The zero-order chi connectivity index (χ0) is 18.0. The Morgan fingerprint density at radius 3 is 2.73 bits per heavy atom. The van der Waals surface area contributed by atoms with Crippen LogP contribution in [-0.4, -0.2) is 29.7 Å². The van der Waals surface area contributed by atoms with E-state index in [2.05, 4.69) is 19.9 Å². The molecule has 0 amide bonds. The number of allylic oxidation sites excluding steroid dienone is 3. The first-order valence-corrected chi connectivity index (χ1v) is 10.9. The quantitative estimate of drug-likeness (QED) is 0.763. The fourth-order valence-electron chi connectivity index (χ4n) is 7.22. The van der Waals surface area contributed by atoms with Crippen LogP contribution >= 0.6 is 0 Å². The van der Waals surface area contributed by atoms with Gasteiger partial charge in [0.25, 0.3) is 0 Å². The van der Waals surface area contributed by atoms with E-state index >= 15 is 0 Å². The molecule has 5 aliphatic rings. The summed E-state index contributed by atoms with van der Waals surface area (Å²) in [5, 5.41) is 11.4. The third-order valence-corrected chi connectivity index (χ3v) is 8.63. The van der Waals surface area contributed by atoms with Gasteiger partial charge in [-0.2, -0.15) is 0 Å². The molecule has 1 spiro atoms. The van der Waals surface area contributed by atoms with Crippen molar-refractivity contribution in [1.82, 2.24) is 0 Å². The molecule has 0 radical (unpaired) electrons. The van der Waals surface area contributed by atoms with Crippen LogP contribution in [0.2, 0.25) is 0 Å². The Kier molecular flexibility index (Phi) is 3.98. The van der Waals surface area contributed by atoms with Gasteiger partial charge in [0.2, 0.25) is 0 Å². The van der Waals surface area contributed by atoms with E-state index in [1.165, 1.54) is 19.3 Å². The molecule has 2 fully saturated rings. The highest BCUT2D eigenvalue weighted by Gasteiger charge is 2.59. The van der Waals surface area contributed by atoms with Crippen molar-refractivity contribution in [1.29, 1.82) is 0 Å². The highest BCUT2D eigenvalue weighted by molar-refractivity contribution is 5.45. The topological polar surface area (TPSA) is 38.7 Å². The molecule has 1 saturated carbocycles. The molecule has 1 saturated heterocycles. The SMILES string of the molecule is CCC[C@]1(O)CC[C@H]2[C@@H]3CCC4=C(CCC5(C4)OCCO5)C3=CC[C@@]21C. The normalized spacial score (nSPS) is 43.9. The smallest absolute Gasteiger partial charge is 0.172 e. The van der Waals surface area contributed by atoms with Crippen molar-refractivity contribution in [2.24, 2.45) is 17.3 Å². The average molecular weight is 359 g/mol. The maximum Gasteiger partial charge on any atom is 0.172 e. The van der Waals surface area contributed by atoms with Crippen molar-refractivity contribution >= 4 is 0 Å². The number of rotatable bonds is 2. The molecule has 4 atom stereocenters. The molecule has 5 rings (SSSR count). The Morgan fingerprint density at radius 1 is 1.15 bits per heavy atom. The summed E-state index contributed by atoms with van der Waals surface area (Å²) in [7, 11) is 0. The lowest BCUT2D eigenvalue weighted by Gasteiger charge is -2.51. The zero-order valence-electron chi connectivity index (χ0n) is 16.5. The molecular weight excluding hydrogens is 324 g/mol. The van der Waals surface area contributed by atoms with Crippen LogP contribution in [0.3, 0.4) is 0 Å². The molecule has 3 nitrogen and oxygen atoms in total. The van der Waals surface area contributed by atoms with Crippen molar-refractivity contribution in [2.45, 2.75) is 89.4 Å². The van der Waals surface area contributed by atoms with Crippen molar-refractivity contribution in [2.75, 3.05) is 13.2 Å². The lowest BCUT2D eigenvalue weighted by atomic mass is 9.55. The fourth-order valence-corrected chi connectivity index (χ4v) is 7.22. The lowest BCUT2D eigenvalue weighted by molar-refractivity contribution is -0.164. The molecule has 4 aliphatic carbocycles. The second kappa shape index (κ2) is 5.93. The molecular formula is C23H34O3. The second-order valence-electron chi connectivity index (χ2n) is 9.72. The summed E-state index contributed by atoms with van der Waals surface area (Å²) in [5.41, 5.74) is 4.50. The second-order valence-corrected chi connectivity index (χ2v) is 9.72. The van der Waals surface area contributed by atoms with Crippen LogP contribution in [-0.2, 0) is 9.47 Å². The Bertz CT molecular complexity index is 656. The van der Waals surface area contributed by atoms with Gasteiger partial charge in [0.15, 0.2) is 5.79 Å². The molecule has 1 N–H and O–H groups in total. The predicted molar refractivity (Wildman–Crippen MR) is 102 cm³/mol. The maximum absolute atomic E-state index is 11.4. The van der Waals surface area contributed by atoms with E-state index < -0.39 is 5.60 Å². The van der Waals surface area contributed by atoms with E-state index in [1.54, 1.807) is 16.7 Å². The number of fused-ring (bicyclic) bond motifs is 4. The molecule has 26 heavy (non-hydrogen) atoms. The number of hydrogen-bond acceptors (Lipinski definition) is 3. The van der Waals surface area contributed by atoms with Gasteiger partial charge in [-0.3, -0.25) is 0 Å². The minimum absolute atomic E-state index is 0.0722. The first-order chi connectivity index (χ1) is 12.5. The summed E-state index contributed by atoms with van der Waals surface area (Å²) in [4.78, 5) is 0. The minimum atomic E-state index is -0.453. The van der Waals surface area contributed by atoms with Crippen LogP contribution in [0.4, 0.5) is 0 Å². The minimum Gasteiger partial charge on any atom is -0.389 e. The van der Waals surface area contributed by atoms with E-state index in [1.807, 2.05) is 0 Å². The van der Waals surface area contributed by atoms with E-state index in [0.29, 0.717) is 11.8 Å². The molecule has 0 aromatic carbocycles. The molecule has 0 unspecified atom stereocenters. The number of ether oxygens (including phenoxy) is 2. The van der Waals surface area contributed by atoms with Crippen LogP contribution in [0.1, 0.15) is 78.1 Å². The summed E-state index contributed by atoms with van der Waals surface area (Å²) in [6.45, 7) is 6.10. The Labute approximate surface area is 157 Å². The Hall–Kier alpha value is -0.640. The van der Waals surface area contributed by atoms with Gasteiger partial charge in [0.1, 0.15) is 0 Å². The van der Waals surface area contributed by atoms with Crippen LogP contribution < -0.4 is 0 Å². The predicted octanol–water partition coefficient (Wildman–Crippen LogP) is 4.90. The van der Waals surface area contributed by atoms with Gasteiger partial charge >= 0.3 is 0 Å². The van der Waals surface area contributed by atoms with Gasteiger partial charge in [-0.25, -0.2) is 0 Å². The van der Waals surface area contributed by atoms with Gasteiger partial charge in [-0.1, -0.05) is 31.9 Å². The molecule has 1 aliphatic heterocycles. The number of hydrogen-bond donors (Lipinski definition) is 1. The van der Waals surface area contributed by atoms with Crippen molar-refractivity contribution in [3.63, 3.8) is 0 Å². The van der Waals surface area contributed by atoms with Gasteiger partial charge in [-0.15, -0.1) is 0 Å². The summed E-state index contributed by atoms with van der Waals surface area (Å²) < 4.78 is 12.0. The van der Waals surface area contributed by atoms with Gasteiger partial charge in [-0.05, 0) is 67.9 Å². The standard InChI is InChI=1S/C23H34O3/c1-3-9-22(24)11-8-20-19-5-4-16-15-23(25-13-14-26-23)12-7-17(16)18(19)6-10-21(20,22)2/h6,19-20,24H,3-5,7-15H2,1-2H3/t19-,20+,21+,22+/m1/s1. The average Bonchev–Trinajstić information content (AvgIpc) is 3.18. The fraction of sp³-hybridized carbons (Fsp3) is 0.826. The van der Waals surface area contributed by atoms with Gasteiger partial charge in [0, 0.05) is 18.3 Å². The van der Waals surface area contributed by atoms with Crippen LogP contribution in [0.25, 0.3) is 0 Å².